The first kappa shape index (κ1) is 15.8. The fraction of sp³-hybridized carbons (Fsp3) is 0.438. The van der Waals surface area contributed by atoms with Crippen LogP contribution in [-0.2, 0) is 14.4 Å². The molecule has 23 heavy (non-hydrogen) atoms. The summed E-state index contributed by atoms with van der Waals surface area (Å²) in [5, 5.41) is 21.6. The fourth-order valence-electron chi connectivity index (χ4n) is 3.96. The van der Waals surface area contributed by atoms with Gasteiger partial charge in [-0.05, 0) is 42.4 Å². The predicted molar refractivity (Wildman–Crippen MR) is 82.0 cm³/mol. The van der Waals surface area contributed by atoms with Crippen LogP contribution in [0.3, 0.4) is 0 Å². The Kier molecular flexibility index (Phi) is 4.02. The van der Waals surface area contributed by atoms with Crippen LogP contribution in [0.15, 0.2) is 24.3 Å². The third-order valence-electron chi connectivity index (χ3n) is 4.86. The molecule has 2 saturated carbocycles. The van der Waals surface area contributed by atoms with E-state index >= 15 is 0 Å². The minimum absolute atomic E-state index is 0.126. The maximum atomic E-state index is 12.1. The molecule has 0 bridgehead atoms. The lowest BCUT2D eigenvalue weighted by atomic mass is 9.91. The van der Waals surface area contributed by atoms with E-state index in [4.69, 9.17) is 16.7 Å². The third kappa shape index (κ3) is 3.03. The van der Waals surface area contributed by atoms with Crippen molar-refractivity contribution in [2.45, 2.75) is 12.8 Å². The summed E-state index contributed by atoms with van der Waals surface area (Å²) in [6.07, 6.45) is 0.485. The molecule has 6 nitrogen and oxygen atoms in total. The molecule has 122 valence electrons. The second-order valence-corrected chi connectivity index (χ2v) is 6.66. The van der Waals surface area contributed by atoms with Crippen LogP contribution in [0.5, 0.6) is 0 Å². The quantitative estimate of drug-likeness (QED) is 0.765. The van der Waals surface area contributed by atoms with Crippen LogP contribution < -0.4 is 5.32 Å². The van der Waals surface area contributed by atoms with Gasteiger partial charge in [0.05, 0.1) is 11.8 Å². The topological polar surface area (TPSA) is 104 Å². The summed E-state index contributed by atoms with van der Waals surface area (Å²) in [7, 11) is 0. The Balaban J connectivity index is 1.65. The highest BCUT2D eigenvalue weighted by Gasteiger charge is 2.67. The number of amides is 1. The van der Waals surface area contributed by atoms with Gasteiger partial charge in [-0.1, -0.05) is 17.7 Å². The number of carboxylic acid groups (broad SMARTS) is 2. The highest BCUT2D eigenvalue weighted by Crippen LogP contribution is 2.64. The Morgan fingerprint density at radius 3 is 2.52 bits per heavy atom. The van der Waals surface area contributed by atoms with Gasteiger partial charge < -0.3 is 15.5 Å². The van der Waals surface area contributed by atoms with Crippen molar-refractivity contribution >= 4 is 35.1 Å². The molecule has 2 aliphatic rings. The smallest absolute Gasteiger partial charge is 0.307 e. The van der Waals surface area contributed by atoms with Crippen molar-refractivity contribution in [2.24, 2.45) is 29.6 Å². The van der Waals surface area contributed by atoms with Gasteiger partial charge in [0.15, 0.2) is 0 Å². The molecule has 0 heterocycles. The van der Waals surface area contributed by atoms with Crippen molar-refractivity contribution in [3.05, 3.63) is 29.3 Å². The molecule has 1 aromatic carbocycles. The number of carbonyl (C=O) groups excluding carboxylic acids is 1. The molecule has 0 aliphatic heterocycles. The van der Waals surface area contributed by atoms with Gasteiger partial charge in [-0.2, -0.15) is 0 Å². The molecule has 3 rings (SSSR count). The summed E-state index contributed by atoms with van der Waals surface area (Å²) in [4.78, 5) is 34.6. The molecule has 2 fully saturated rings. The molecule has 3 N–H and O–H groups in total. The zero-order chi connectivity index (χ0) is 16.7. The summed E-state index contributed by atoms with van der Waals surface area (Å²) < 4.78 is 0. The number of hydrogen-bond acceptors (Lipinski definition) is 3. The van der Waals surface area contributed by atoms with Crippen LogP contribution >= 0.6 is 11.6 Å². The maximum Gasteiger partial charge on any atom is 0.307 e. The zero-order valence-electron chi connectivity index (χ0n) is 12.1. The monoisotopic (exact) mass is 337 g/mol. The number of halogens is 1. The Morgan fingerprint density at radius 1 is 1.17 bits per heavy atom. The van der Waals surface area contributed by atoms with E-state index in [-0.39, 0.29) is 30.1 Å². The van der Waals surface area contributed by atoms with E-state index in [1.54, 1.807) is 24.3 Å². The van der Waals surface area contributed by atoms with Gasteiger partial charge in [0, 0.05) is 17.1 Å². The standard InChI is InChI=1S/C16H16ClNO5/c17-8-2-1-3-9(6-8)18-11(19)5-7-4-10(15(20)21)13-12(7)14(13)16(22)23/h1-3,6-7,10,12-14H,4-5H2,(H,18,19)(H,20,21)(H,22,23). The van der Waals surface area contributed by atoms with E-state index in [1.807, 2.05) is 0 Å². The molecular weight excluding hydrogens is 322 g/mol. The van der Waals surface area contributed by atoms with Crippen LogP contribution in [0.25, 0.3) is 0 Å². The van der Waals surface area contributed by atoms with E-state index in [9.17, 15) is 19.5 Å². The zero-order valence-corrected chi connectivity index (χ0v) is 12.9. The highest BCUT2D eigenvalue weighted by atomic mass is 35.5. The lowest BCUT2D eigenvalue weighted by Crippen LogP contribution is -2.23. The summed E-state index contributed by atoms with van der Waals surface area (Å²) in [5.74, 6) is -4.24. The fourth-order valence-corrected chi connectivity index (χ4v) is 4.15. The second kappa shape index (κ2) is 5.85. The van der Waals surface area contributed by atoms with Crippen molar-refractivity contribution in [1.82, 2.24) is 0 Å². The first-order chi connectivity index (χ1) is 10.9. The summed E-state index contributed by atoms with van der Waals surface area (Å²) >= 11 is 5.85. The predicted octanol–water partition coefficient (Wildman–Crippen LogP) is 2.34. The van der Waals surface area contributed by atoms with Crippen molar-refractivity contribution in [2.75, 3.05) is 5.32 Å². The van der Waals surface area contributed by atoms with Crippen LogP contribution in [0.4, 0.5) is 5.69 Å². The highest BCUT2D eigenvalue weighted by molar-refractivity contribution is 6.30. The van der Waals surface area contributed by atoms with Crippen molar-refractivity contribution < 1.29 is 24.6 Å². The molecule has 0 saturated heterocycles. The van der Waals surface area contributed by atoms with Gasteiger partial charge in [0.2, 0.25) is 5.91 Å². The number of hydrogen-bond donors (Lipinski definition) is 3. The molecule has 5 unspecified atom stereocenters. The molecule has 5 atom stereocenters. The van der Waals surface area contributed by atoms with Gasteiger partial charge in [0.25, 0.3) is 0 Å². The lowest BCUT2D eigenvalue weighted by molar-refractivity contribution is -0.144. The molecule has 0 spiro atoms. The van der Waals surface area contributed by atoms with E-state index in [0.29, 0.717) is 17.1 Å². The summed E-state index contributed by atoms with van der Waals surface area (Å²) in [6.45, 7) is 0. The number of carboxylic acids is 2. The average molecular weight is 338 g/mol. The summed E-state index contributed by atoms with van der Waals surface area (Å²) in [5.41, 5.74) is 0.567. The number of aliphatic carboxylic acids is 2. The normalized spacial score (nSPS) is 31.3. The number of carbonyl (C=O) groups is 3. The van der Waals surface area contributed by atoms with Crippen molar-refractivity contribution in [3.63, 3.8) is 0 Å². The van der Waals surface area contributed by atoms with Gasteiger partial charge in [-0.25, -0.2) is 0 Å². The SMILES string of the molecule is O=C(CC1CC(C(=O)O)C2C(C(=O)O)C12)Nc1cccc(Cl)c1. The Labute approximate surface area is 137 Å². The minimum Gasteiger partial charge on any atom is -0.481 e. The Hall–Kier alpha value is -2.08. The number of anilines is 1. The average Bonchev–Trinajstić information content (AvgIpc) is 3.09. The second-order valence-electron chi connectivity index (χ2n) is 6.22. The van der Waals surface area contributed by atoms with Gasteiger partial charge in [-0.3, -0.25) is 14.4 Å². The minimum atomic E-state index is -0.971. The Bertz CT molecular complexity index is 676. The molecule has 2 aliphatic carbocycles. The van der Waals surface area contributed by atoms with E-state index in [2.05, 4.69) is 5.32 Å². The molecule has 1 aromatic rings. The molecule has 7 heteroatoms. The van der Waals surface area contributed by atoms with Crippen LogP contribution in [-0.4, -0.2) is 28.1 Å². The van der Waals surface area contributed by atoms with Gasteiger partial charge >= 0.3 is 11.9 Å². The van der Waals surface area contributed by atoms with Crippen molar-refractivity contribution in [1.29, 1.82) is 0 Å². The number of rotatable bonds is 5. The molecular formula is C16H16ClNO5. The van der Waals surface area contributed by atoms with Gasteiger partial charge in [0.1, 0.15) is 0 Å². The molecule has 1 amide bonds. The first-order valence-corrected chi connectivity index (χ1v) is 7.77. The maximum absolute atomic E-state index is 12.1. The molecule has 0 aromatic heterocycles. The lowest BCUT2D eigenvalue weighted by Gasteiger charge is -2.15. The number of nitrogens with one attached hydrogen (secondary N) is 1. The van der Waals surface area contributed by atoms with Crippen LogP contribution in [0, 0.1) is 29.6 Å². The van der Waals surface area contributed by atoms with Gasteiger partial charge in [-0.15, -0.1) is 0 Å². The van der Waals surface area contributed by atoms with E-state index < -0.39 is 23.8 Å². The summed E-state index contributed by atoms with van der Waals surface area (Å²) in [6, 6.07) is 6.73. The van der Waals surface area contributed by atoms with Crippen LogP contribution in [0.2, 0.25) is 5.02 Å². The van der Waals surface area contributed by atoms with E-state index in [0.717, 1.165) is 0 Å². The number of fused-ring (bicyclic) bond motifs is 1. The largest absolute Gasteiger partial charge is 0.481 e. The van der Waals surface area contributed by atoms with Crippen LogP contribution in [0.1, 0.15) is 12.8 Å². The van der Waals surface area contributed by atoms with Crippen molar-refractivity contribution in [3.8, 4) is 0 Å². The Morgan fingerprint density at radius 2 is 1.91 bits per heavy atom. The first-order valence-electron chi connectivity index (χ1n) is 7.39. The third-order valence-corrected chi connectivity index (χ3v) is 5.09. The van der Waals surface area contributed by atoms with E-state index in [1.165, 1.54) is 0 Å². The number of benzene rings is 1. The molecule has 0 radical (unpaired) electrons.